The molecule has 2 aromatic carbocycles. The molecule has 6 heteroatoms. The van der Waals surface area contributed by atoms with Crippen molar-refractivity contribution in [2.75, 3.05) is 25.5 Å². The number of nitrogens with zero attached hydrogens (tertiary/aromatic N) is 1. The Morgan fingerprint density at radius 3 is 2.43 bits per heavy atom. The van der Waals surface area contributed by atoms with E-state index in [0.29, 0.717) is 0 Å². The smallest absolute Gasteiger partial charge is 0.246 e. The molecule has 1 unspecified atom stereocenters. The Kier molecular flexibility index (Phi) is 9.09. The first-order chi connectivity index (χ1) is 14.4. The van der Waals surface area contributed by atoms with Crippen LogP contribution >= 0.6 is 0 Å². The van der Waals surface area contributed by atoms with Gasteiger partial charge in [0.25, 0.3) is 0 Å². The number of nitrogens with one attached hydrogen (secondary N) is 2. The number of carbonyl (C=O) groups is 2. The minimum Gasteiger partial charge on any atom is -0.497 e. The molecule has 0 heterocycles. The summed E-state index contributed by atoms with van der Waals surface area (Å²) in [5.41, 5.74) is 2.73. The summed E-state index contributed by atoms with van der Waals surface area (Å²) in [7, 11) is 1.60. The van der Waals surface area contributed by atoms with Gasteiger partial charge in [-0.25, -0.2) is 0 Å². The number of anilines is 1. The molecule has 0 aliphatic carbocycles. The zero-order chi connectivity index (χ0) is 21.9. The van der Waals surface area contributed by atoms with Gasteiger partial charge in [0.05, 0.1) is 7.11 Å². The Morgan fingerprint density at radius 2 is 1.80 bits per heavy atom. The van der Waals surface area contributed by atoms with Crippen LogP contribution in [-0.4, -0.2) is 43.0 Å². The van der Waals surface area contributed by atoms with E-state index >= 15 is 0 Å². The van der Waals surface area contributed by atoms with Gasteiger partial charge < -0.3 is 15.4 Å². The predicted octanol–water partition coefficient (Wildman–Crippen LogP) is 3.69. The molecular weight excluding hydrogens is 378 g/mol. The topological polar surface area (TPSA) is 70.7 Å². The van der Waals surface area contributed by atoms with Gasteiger partial charge in [-0.05, 0) is 61.5 Å². The Labute approximate surface area is 178 Å². The van der Waals surface area contributed by atoms with Gasteiger partial charge in [0.15, 0.2) is 0 Å². The average molecular weight is 410 g/mol. The van der Waals surface area contributed by atoms with Crippen molar-refractivity contribution in [1.82, 2.24) is 10.2 Å². The summed E-state index contributed by atoms with van der Waals surface area (Å²) in [6.45, 7) is 8.69. The number of amides is 2. The van der Waals surface area contributed by atoms with Crippen LogP contribution in [0.25, 0.3) is 6.08 Å². The van der Waals surface area contributed by atoms with Crippen molar-refractivity contribution in [3.63, 3.8) is 0 Å². The van der Waals surface area contributed by atoms with Crippen molar-refractivity contribution < 1.29 is 14.3 Å². The summed E-state index contributed by atoms with van der Waals surface area (Å²) in [6.07, 6.45) is 3.10. The largest absolute Gasteiger partial charge is 0.497 e. The molecule has 6 nitrogen and oxygen atoms in total. The summed E-state index contributed by atoms with van der Waals surface area (Å²) in [6, 6.07) is 14.5. The van der Waals surface area contributed by atoms with Gasteiger partial charge in [0, 0.05) is 18.3 Å². The highest BCUT2D eigenvalue weighted by Crippen LogP contribution is 2.14. The van der Waals surface area contributed by atoms with Gasteiger partial charge in [-0.2, -0.15) is 0 Å². The molecular formula is C24H31N3O3. The predicted molar refractivity (Wildman–Crippen MR) is 121 cm³/mol. The molecule has 30 heavy (non-hydrogen) atoms. The van der Waals surface area contributed by atoms with Crippen molar-refractivity contribution in [2.24, 2.45) is 0 Å². The summed E-state index contributed by atoms with van der Waals surface area (Å²) in [5, 5.41) is 5.56. The van der Waals surface area contributed by atoms with Gasteiger partial charge >= 0.3 is 0 Å². The molecule has 2 amide bonds. The molecule has 160 valence electrons. The van der Waals surface area contributed by atoms with Gasteiger partial charge in [0.1, 0.15) is 11.8 Å². The van der Waals surface area contributed by atoms with Gasteiger partial charge in [0.2, 0.25) is 11.8 Å². The molecule has 0 aliphatic rings. The third-order valence-corrected chi connectivity index (χ3v) is 4.79. The molecule has 2 N–H and O–H groups in total. The Morgan fingerprint density at radius 1 is 1.10 bits per heavy atom. The first-order valence-electron chi connectivity index (χ1n) is 10.2. The minimum absolute atomic E-state index is 0.263. The van der Waals surface area contributed by atoms with E-state index in [-0.39, 0.29) is 11.8 Å². The third-order valence-electron chi connectivity index (χ3n) is 4.79. The lowest BCUT2D eigenvalue weighted by Gasteiger charge is -2.19. The molecule has 0 radical (unpaired) electrons. The van der Waals surface area contributed by atoms with E-state index in [9.17, 15) is 9.59 Å². The number of methoxy groups -OCH3 is 1. The van der Waals surface area contributed by atoms with Crippen molar-refractivity contribution in [2.45, 2.75) is 33.4 Å². The second-order valence-corrected chi connectivity index (χ2v) is 6.99. The van der Waals surface area contributed by atoms with Gasteiger partial charge in [-0.15, -0.1) is 0 Å². The molecule has 1 atom stereocenters. The molecule has 0 saturated carbocycles. The van der Waals surface area contributed by atoms with E-state index in [0.717, 1.165) is 42.2 Å². The van der Waals surface area contributed by atoms with E-state index in [4.69, 9.17) is 4.74 Å². The van der Waals surface area contributed by atoms with E-state index in [1.165, 1.54) is 6.08 Å². The first kappa shape index (κ1) is 23.2. The SMILES string of the molecule is CCN(CC)Cc1cccc(NC(=O)C(C)NC(=O)/C=C/c2ccc(OC)cc2)c1. The number of carbonyl (C=O) groups excluding carboxylic acids is 2. The second kappa shape index (κ2) is 11.8. The van der Waals surface area contributed by atoms with E-state index in [1.54, 1.807) is 20.1 Å². The lowest BCUT2D eigenvalue weighted by Crippen LogP contribution is -2.40. The fourth-order valence-electron chi connectivity index (χ4n) is 2.92. The fourth-order valence-corrected chi connectivity index (χ4v) is 2.92. The Bertz CT molecular complexity index is 858. The molecule has 2 rings (SSSR count). The van der Waals surface area contributed by atoms with Crippen LogP contribution in [0.3, 0.4) is 0 Å². The van der Waals surface area contributed by atoms with Gasteiger partial charge in [-0.1, -0.05) is 38.1 Å². The fraction of sp³-hybridized carbons (Fsp3) is 0.333. The van der Waals surface area contributed by atoms with Crippen LogP contribution in [0.2, 0.25) is 0 Å². The number of ether oxygens (including phenoxy) is 1. The highest BCUT2D eigenvalue weighted by molar-refractivity contribution is 5.99. The molecule has 0 saturated heterocycles. The zero-order valence-electron chi connectivity index (χ0n) is 18.1. The normalized spacial score (nSPS) is 12.0. The quantitative estimate of drug-likeness (QED) is 0.587. The second-order valence-electron chi connectivity index (χ2n) is 6.99. The molecule has 0 aliphatic heterocycles. The number of hydrogen-bond acceptors (Lipinski definition) is 4. The summed E-state index contributed by atoms with van der Waals surface area (Å²) < 4.78 is 5.11. The van der Waals surface area contributed by atoms with Crippen LogP contribution in [0.4, 0.5) is 5.69 Å². The monoisotopic (exact) mass is 409 g/mol. The van der Waals surface area contributed by atoms with E-state index in [1.807, 2.05) is 48.5 Å². The Hall–Kier alpha value is -3.12. The van der Waals surface area contributed by atoms with Gasteiger partial charge in [-0.3, -0.25) is 14.5 Å². The number of hydrogen-bond donors (Lipinski definition) is 2. The molecule has 0 fully saturated rings. The minimum atomic E-state index is -0.663. The van der Waals surface area contributed by atoms with Crippen molar-refractivity contribution in [3.8, 4) is 5.75 Å². The maximum atomic E-state index is 12.5. The molecule has 0 spiro atoms. The standard InChI is InChI=1S/C24H31N3O3/c1-5-27(6-2)17-20-8-7-9-21(16-20)26-24(29)18(3)25-23(28)15-12-19-10-13-22(30-4)14-11-19/h7-16,18H,5-6,17H2,1-4H3,(H,25,28)(H,26,29)/b15-12+. The summed E-state index contributed by atoms with van der Waals surface area (Å²) >= 11 is 0. The highest BCUT2D eigenvalue weighted by Gasteiger charge is 2.14. The van der Waals surface area contributed by atoms with Crippen molar-refractivity contribution in [3.05, 3.63) is 65.7 Å². The zero-order valence-corrected chi connectivity index (χ0v) is 18.1. The first-order valence-corrected chi connectivity index (χ1v) is 10.2. The number of benzene rings is 2. The van der Waals surface area contributed by atoms with E-state index < -0.39 is 6.04 Å². The van der Waals surface area contributed by atoms with Crippen LogP contribution in [0.15, 0.2) is 54.6 Å². The summed E-state index contributed by atoms with van der Waals surface area (Å²) in [4.78, 5) is 26.9. The van der Waals surface area contributed by atoms with Crippen molar-refractivity contribution >= 4 is 23.6 Å². The van der Waals surface area contributed by atoms with Crippen LogP contribution in [0.5, 0.6) is 5.75 Å². The maximum Gasteiger partial charge on any atom is 0.246 e. The van der Waals surface area contributed by atoms with Crippen molar-refractivity contribution in [1.29, 1.82) is 0 Å². The van der Waals surface area contributed by atoms with Crippen LogP contribution in [0.1, 0.15) is 31.9 Å². The van der Waals surface area contributed by atoms with Crippen LogP contribution in [0, 0.1) is 0 Å². The van der Waals surface area contributed by atoms with Crippen LogP contribution in [-0.2, 0) is 16.1 Å². The Balaban J connectivity index is 1.89. The molecule has 0 bridgehead atoms. The van der Waals surface area contributed by atoms with E-state index in [2.05, 4.69) is 29.4 Å². The summed E-state index contributed by atoms with van der Waals surface area (Å²) in [5.74, 6) is 0.160. The third kappa shape index (κ3) is 7.37. The molecule has 2 aromatic rings. The number of rotatable bonds is 10. The lowest BCUT2D eigenvalue weighted by molar-refractivity contribution is -0.123. The lowest BCUT2D eigenvalue weighted by atomic mass is 10.1. The maximum absolute atomic E-state index is 12.5. The molecule has 0 aromatic heterocycles. The average Bonchev–Trinajstić information content (AvgIpc) is 2.76. The highest BCUT2D eigenvalue weighted by atomic mass is 16.5. The van der Waals surface area contributed by atoms with Crippen LogP contribution < -0.4 is 15.4 Å².